The van der Waals surface area contributed by atoms with Crippen molar-refractivity contribution in [2.45, 2.75) is 174 Å². The monoisotopic (exact) mass is 660 g/mol. The van der Waals surface area contributed by atoms with E-state index in [9.17, 15) is 5.11 Å². The zero-order chi connectivity index (χ0) is 33.6. The maximum absolute atomic E-state index is 10.6. The summed E-state index contributed by atoms with van der Waals surface area (Å²) in [4.78, 5) is -0.418. The van der Waals surface area contributed by atoms with Gasteiger partial charge in [0.15, 0.2) is 16.6 Å². The van der Waals surface area contributed by atoms with Crippen molar-refractivity contribution >= 4 is 28.4 Å². The van der Waals surface area contributed by atoms with Gasteiger partial charge >= 0.3 is 0 Å². The van der Waals surface area contributed by atoms with Crippen LogP contribution < -0.4 is 0 Å². The van der Waals surface area contributed by atoms with Crippen molar-refractivity contribution in [2.75, 3.05) is 5.75 Å². The predicted molar refractivity (Wildman–Crippen MR) is 199 cm³/mol. The van der Waals surface area contributed by atoms with Gasteiger partial charge in [-0.25, -0.2) is 0 Å². The molecule has 2 saturated carbocycles. The number of thioether (sulfide) groups is 1. The fourth-order valence-corrected chi connectivity index (χ4v) is 11.9. The Kier molecular flexibility index (Phi) is 11.5. The van der Waals surface area contributed by atoms with Crippen LogP contribution in [0, 0.1) is 11.3 Å². The summed E-state index contributed by atoms with van der Waals surface area (Å²) in [6, 6.07) is 0. The molecule has 6 heteroatoms. The smallest absolute Gasteiger partial charge is 0.193 e. The second kappa shape index (κ2) is 13.3. The van der Waals surface area contributed by atoms with E-state index >= 15 is 0 Å². The van der Waals surface area contributed by atoms with Gasteiger partial charge in [-0.15, -0.1) is 11.8 Å². The van der Waals surface area contributed by atoms with Crippen LogP contribution >= 0.6 is 11.8 Å². The fraction of sp³-hybridized carbons (Fsp3) is 0.789. The Morgan fingerprint density at radius 2 is 1.64 bits per heavy atom. The highest BCUT2D eigenvalue weighted by Crippen LogP contribution is 2.56. The van der Waals surface area contributed by atoms with Crippen molar-refractivity contribution in [2.24, 2.45) is 11.3 Å². The molecule has 252 valence electrons. The Bertz CT molecular complexity index is 1140. The average Bonchev–Trinajstić information content (AvgIpc) is 3.19. The van der Waals surface area contributed by atoms with Crippen molar-refractivity contribution in [3.63, 3.8) is 0 Å². The van der Waals surface area contributed by atoms with Gasteiger partial charge in [-0.05, 0) is 117 Å². The molecule has 0 bridgehead atoms. The minimum atomic E-state index is -2.14. The number of allylic oxidation sites excluding steroid dienone is 5. The Morgan fingerprint density at radius 1 is 1.02 bits per heavy atom. The van der Waals surface area contributed by atoms with Crippen LogP contribution in [0.2, 0.25) is 36.3 Å². The average molecular weight is 661 g/mol. The summed E-state index contributed by atoms with van der Waals surface area (Å²) in [6.45, 7) is 36.9. The lowest BCUT2D eigenvalue weighted by molar-refractivity contribution is 0.0693. The summed E-state index contributed by atoms with van der Waals surface area (Å²) in [7, 11) is -4.22. The lowest BCUT2D eigenvalue weighted by atomic mass is 9.64. The van der Waals surface area contributed by atoms with E-state index in [-0.39, 0.29) is 16.2 Å². The molecular weight excluding hydrogens is 593 g/mol. The van der Waals surface area contributed by atoms with Gasteiger partial charge in [0.1, 0.15) is 4.93 Å². The molecule has 0 saturated heterocycles. The third kappa shape index (κ3) is 8.55. The second-order valence-electron chi connectivity index (χ2n) is 18.0. The van der Waals surface area contributed by atoms with Gasteiger partial charge in [-0.2, -0.15) is 0 Å². The quantitative estimate of drug-likeness (QED) is 0.144. The number of hydrogen-bond donors (Lipinski definition) is 1. The summed E-state index contributed by atoms with van der Waals surface area (Å²) < 4.78 is 14.7. The normalized spacial score (nSPS) is 31.1. The molecule has 2 fully saturated rings. The van der Waals surface area contributed by atoms with Crippen molar-refractivity contribution in [1.29, 1.82) is 0 Å². The fourth-order valence-electron chi connectivity index (χ4n) is 6.88. The summed E-state index contributed by atoms with van der Waals surface area (Å²) in [6.07, 6.45) is 15.8. The summed E-state index contributed by atoms with van der Waals surface area (Å²) in [5, 5.41) is 10.8. The summed E-state index contributed by atoms with van der Waals surface area (Å²) in [5.41, 5.74) is 5.31. The Labute approximate surface area is 279 Å². The Morgan fingerprint density at radius 3 is 2.18 bits per heavy atom. The van der Waals surface area contributed by atoms with Crippen molar-refractivity contribution in [3.05, 3.63) is 47.1 Å². The molecule has 0 aromatic carbocycles. The number of rotatable bonds is 10. The summed E-state index contributed by atoms with van der Waals surface area (Å²) in [5.74, 6) is 1.46. The minimum absolute atomic E-state index is 0.0786. The first-order valence-electron chi connectivity index (χ1n) is 17.4. The minimum Gasteiger partial charge on any atom is -0.410 e. The van der Waals surface area contributed by atoms with E-state index in [1.54, 1.807) is 11.1 Å². The van der Waals surface area contributed by atoms with E-state index < -0.39 is 27.2 Å². The van der Waals surface area contributed by atoms with E-state index in [2.05, 4.69) is 99.8 Å². The van der Waals surface area contributed by atoms with Crippen LogP contribution in [0.5, 0.6) is 0 Å². The highest BCUT2D eigenvalue weighted by Gasteiger charge is 2.51. The zero-order valence-corrected chi connectivity index (χ0v) is 33.9. The lowest BCUT2D eigenvalue weighted by Crippen LogP contribution is -2.54. The van der Waals surface area contributed by atoms with Crippen LogP contribution in [0.1, 0.15) is 121 Å². The van der Waals surface area contributed by atoms with Crippen LogP contribution in [-0.4, -0.2) is 44.1 Å². The molecule has 0 aromatic rings. The molecule has 0 aliphatic heterocycles. The maximum atomic E-state index is 10.6. The van der Waals surface area contributed by atoms with Crippen LogP contribution in [-0.2, 0) is 8.85 Å². The zero-order valence-electron chi connectivity index (χ0n) is 31.1. The maximum Gasteiger partial charge on any atom is 0.193 e. The highest BCUT2D eigenvalue weighted by atomic mass is 32.2. The van der Waals surface area contributed by atoms with Crippen LogP contribution in [0.4, 0.5) is 0 Å². The number of aliphatic hydroxyl groups is 1. The topological polar surface area (TPSA) is 38.7 Å². The molecule has 0 heterocycles. The first-order chi connectivity index (χ1) is 19.9. The van der Waals surface area contributed by atoms with E-state index in [1.165, 1.54) is 37.7 Å². The standard InChI is InChI=1S/C38H68O3SSi2/c1-16-31-21-22-32-29(18-17-23-37(31,32)11)19-20-30-26-38(42-25-24-36(9,10)39,41-44(14,15)35(6,7)8)27-33(28(30)2)40-43(12,13)34(3,4)5/h19-21,32-33,39H,2,16-18,22-27H2,1,3-15H3/t32-,33-,37+,38-/m0/s1. The van der Waals surface area contributed by atoms with Gasteiger partial charge < -0.3 is 14.0 Å². The van der Waals surface area contributed by atoms with Gasteiger partial charge in [0.25, 0.3) is 0 Å². The predicted octanol–water partition coefficient (Wildman–Crippen LogP) is 11.7. The van der Waals surface area contributed by atoms with Crippen LogP contribution in [0.25, 0.3) is 0 Å². The third-order valence-corrected chi connectivity index (χ3v) is 22.4. The van der Waals surface area contributed by atoms with Gasteiger partial charge in [0.05, 0.1) is 11.7 Å². The van der Waals surface area contributed by atoms with Gasteiger partial charge in [0.2, 0.25) is 0 Å². The molecule has 44 heavy (non-hydrogen) atoms. The SMILES string of the molecule is C=C1C(=CC=C2CCC[C@]3(C)C(CC)=CC[C@@H]23)C[C@](O[Si](C)(C)C(C)(C)C)(SCCC(C)(C)O)C[C@@H]1O[Si](C)(C)C(C)(C)C. The first-order valence-corrected chi connectivity index (χ1v) is 24.2. The molecule has 0 spiro atoms. The van der Waals surface area contributed by atoms with Crippen molar-refractivity contribution < 1.29 is 14.0 Å². The van der Waals surface area contributed by atoms with Gasteiger partial charge in [-0.3, -0.25) is 0 Å². The molecule has 0 amide bonds. The molecule has 0 aromatic heterocycles. The Balaban J connectivity index is 2.09. The van der Waals surface area contributed by atoms with E-state index in [4.69, 9.17) is 15.4 Å². The molecule has 4 atom stereocenters. The molecule has 3 rings (SSSR count). The largest absolute Gasteiger partial charge is 0.410 e. The second-order valence-corrected chi connectivity index (χ2v) is 29.0. The molecule has 0 radical (unpaired) electrons. The third-order valence-electron chi connectivity index (χ3n) is 11.9. The Hall–Kier alpha value is -0.376. The van der Waals surface area contributed by atoms with E-state index in [1.807, 2.05) is 25.6 Å². The van der Waals surface area contributed by atoms with E-state index in [0.717, 1.165) is 30.6 Å². The molecule has 1 N–H and O–H groups in total. The van der Waals surface area contributed by atoms with Crippen molar-refractivity contribution in [1.82, 2.24) is 0 Å². The van der Waals surface area contributed by atoms with Crippen LogP contribution in [0.3, 0.4) is 0 Å². The van der Waals surface area contributed by atoms with Crippen LogP contribution in [0.15, 0.2) is 47.1 Å². The molecule has 3 nitrogen and oxygen atoms in total. The van der Waals surface area contributed by atoms with E-state index in [0.29, 0.717) is 11.3 Å². The molecule has 3 aliphatic rings. The summed E-state index contributed by atoms with van der Waals surface area (Å²) >= 11 is 1.91. The number of hydrogen-bond acceptors (Lipinski definition) is 4. The van der Waals surface area contributed by atoms with Gasteiger partial charge in [-0.1, -0.05) is 91.3 Å². The molecule has 0 unspecified atom stereocenters. The van der Waals surface area contributed by atoms with Crippen molar-refractivity contribution in [3.8, 4) is 0 Å². The lowest BCUT2D eigenvalue weighted by Gasteiger charge is -2.51. The molecule has 3 aliphatic carbocycles. The molecular formula is C38H68O3SSi2. The number of fused-ring (bicyclic) bond motifs is 1. The van der Waals surface area contributed by atoms with Gasteiger partial charge in [0, 0.05) is 12.8 Å². The first kappa shape index (κ1) is 38.1. The highest BCUT2D eigenvalue weighted by molar-refractivity contribution is 8.00.